The molecule has 1 fully saturated rings. The third-order valence-electron chi connectivity index (χ3n) is 5.62. The summed E-state index contributed by atoms with van der Waals surface area (Å²) < 4.78 is 20.5. The summed E-state index contributed by atoms with van der Waals surface area (Å²) in [5.74, 6) is 0.914. The second kappa shape index (κ2) is 8.07. The molecule has 1 saturated heterocycles. The second-order valence-corrected chi connectivity index (χ2v) is 8.32. The van der Waals surface area contributed by atoms with Gasteiger partial charge in [-0.25, -0.2) is 4.98 Å². The Morgan fingerprint density at radius 3 is 2.48 bits per heavy atom. The van der Waals surface area contributed by atoms with E-state index in [4.69, 9.17) is 14.0 Å². The van der Waals surface area contributed by atoms with Gasteiger partial charge in [-0.3, -0.25) is 0 Å². The van der Waals surface area contributed by atoms with Crippen molar-refractivity contribution in [3.63, 3.8) is 0 Å². The highest BCUT2D eigenvalue weighted by molar-refractivity contribution is 6.62. The molecule has 27 heavy (non-hydrogen) atoms. The highest BCUT2D eigenvalue weighted by Gasteiger charge is 2.51. The van der Waals surface area contributed by atoms with E-state index >= 15 is 0 Å². The van der Waals surface area contributed by atoms with Gasteiger partial charge in [0.25, 0.3) is 0 Å². The first-order valence-corrected chi connectivity index (χ1v) is 9.83. The fourth-order valence-corrected chi connectivity index (χ4v) is 3.07. The van der Waals surface area contributed by atoms with Crippen LogP contribution >= 0.6 is 0 Å². The van der Waals surface area contributed by atoms with Crippen LogP contribution in [0, 0.1) is 6.92 Å². The molecule has 1 aromatic heterocycles. The molecule has 0 atom stereocenters. The molecule has 2 aromatic rings. The molecule has 0 saturated carbocycles. The van der Waals surface area contributed by atoms with Gasteiger partial charge in [0.15, 0.2) is 0 Å². The van der Waals surface area contributed by atoms with E-state index < -0.39 is 0 Å². The Morgan fingerprint density at radius 1 is 1.07 bits per heavy atom. The van der Waals surface area contributed by atoms with E-state index in [-0.39, 0.29) is 18.3 Å². The summed E-state index contributed by atoms with van der Waals surface area (Å²) in [7, 11) is -0.354. The summed E-state index contributed by atoms with van der Waals surface area (Å²) in [5.41, 5.74) is 1.47. The predicted octanol–water partition coefficient (Wildman–Crippen LogP) is 3.74. The van der Waals surface area contributed by atoms with Gasteiger partial charge in [-0.15, -0.1) is 0 Å². The highest BCUT2D eigenvalue weighted by Crippen LogP contribution is 2.36. The average molecular weight is 370 g/mol. The Morgan fingerprint density at radius 2 is 1.81 bits per heavy atom. The molecular formula is C21H31BN2O3. The molecule has 5 nitrogen and oxygen atoms in total. The van der Waals surface area contributed by atoms with Crippen molar-refractivity contribution in [3.05, 3.63) is 42.5 Å². The number of nitrogens with zero attached hydrogens (tertiary/aromatic N) is 2. The molecule has 1 aliphatic rings. The van der Waals surface area contributed by atoms with Crippen LogP contribution in [0.3, 0.4) is 0 Å². The number of benzene rings is 1. The molecule has 0 amide bonds. The minimum absolute atomic E-state index is 0.335. The van der Waals surface area contributed by atoms with Gasteiger partial charge in [-0.2, -0.15) is 0 Å². The molecule has 3 rings (SSSR count). The lowest BCUT2D eigenvalue weighted by atomic mass is 9.78. The van der Waals surface area contributed by atoms with E-state index in [1.807, 2.05) is 18.7 Å². The maximum Gasteiger partial charge on any atom is 0.494 e. The smallest absolute Gasteiger partial charge is 0.493 e. The van der Waals surface area contributed by atoms with E-state index in [1.165, 1.54) is 0 Å². The molecule has 0 N–H and O–H groups in total. The van der Waals surface area contributed by atoms with Crippen molar-refractivity contribution in [1.29, 1.82) is 0 Å². The monoisotopic (exact) mass is 370 g/mol. The molecule has 0 spiro atoms. The normalized spacial score (nSPS) is 18.0. The summed E-state index contributed by atoms with van der Waals surface area (Å²) in [6.45, 7) is 12.1. The molecule has 146 valence electrons. The van der Waals surface area contributed by atoms with E-state index in [2.05, 4.69) is 62.4 Å². The Labute approximate surface area is 163 Å². The number of imidazole rings is 1. The van der Waals surface area contributed by atoms with Gasteiger partial charge in [0.2, 0.25) is 0 Å². The standard InChI is InChI=1S/C21H31BN2O3/c1-17-9-10-18(22-26-20(2,3)21(4,5)27-22)15-19(17)25-14-8-6-7-12-24-13-11-23-16-24/h9-11,13,15-16H,6-8,12,14H2,1-5H3. The Hall–Kier alpha value is -1.79. The number of rotatable bonds is 8. The third kappa shape index (κ3) is 4.74. The summed E-state index contributed by atoms with van der Waals surface area (Å²) in [6.07, 6.45) is 8.98. The van der Waals surface area contributed by atoms with Crippen molar-refractivity contribution in [2.24, 2.45) is 0 Å². The van der Waals surface area contributed by atoms with Gasteiger partial charge < -0.3 is 18.6 Å². The van der Waals surface area contributed by atoms with Crippen molar-refractivity contribution in [3.8, 4) is 5.75 Å². The number of hydrogen-bond donors (Lipinski definition) is 0. The summed E-state index contributed by atoms with van der Waals surface area (Å²) >= 11 is 0. The lowest BCUT2D eigenvalue weighted by molar-refractivity contribution is 0.00578. The number of aromatic nitrogens is 2. The van der Waals surface area contributed by atoms with Crippen LogP contribution in [0.25, 0.3) is 0 Å². The lowest BCUT2D eigenvalue weighted by Gasteiger charge is -2.32. The minimum atomic E-state index is -0.354. The SMILES string of the molecule is Cc1ccc(B2OC(C)(C)C(C)(C)O2)cc1OCCCCCn1ccnc1. The predicted molar refractivity (Wildman–Crippen MR) is 108 cm³/mol. The number of unbranched alkanes of at least 4 members (excludes halogenated alkanes) is 2. The molecule has 2 heterocycles. The first kappa shape index (κ1) is 20.0. The zero-order valence-corrected chi connectivity index (χ0v) is 17.2. The molecule has 1 aliphatic heterocycles. The van der Waals surface area contributed by atoms with Crippen LogP contribution in [0.4, 0.5) is 0 Å². The van der Waals surface area contributed by atoms with Crippen LogP contribution in [-0.4, -0.2) is 34.5 Å². The minimum Gasteiger partial charge on any atom is -0.493 e. The van der Waals surface area contributed by atoms with Gasteiger partial charge >= 0.3 is 7.12 Å². The van der Waals surface area contributed by atoms with E-state index in [9.17, 15) is 0 Å². The van der Waals surface area contributed by atoms with Crippen molar-refractivity contribution in [2.75, 3.05) is 6.61 Å². The van der Waals surface area contributed by atoms with Crippen LogP contribution < -0.4 is 10.2 Å². The first-order valence-electron chi connectivity index (χ1n) is 9.83. The Kier molecular flexibility index (Phi) is 5.97. The molecule has 0 aliphatic carbocycles. The topological polar surface area (TPSA) is 45.5 Å². The maximum absolute atomic E-state index is 6.15. The molecule has 1 aromatic carbocycles. The van der Waals surface area contributed by atoms with E-state index in [0.717, 1.165) is 49.2 Å². The zero-order chi connectivity index (χ0) is 19.5. The van der Waals surface area contributed by atoms with Crippen molar-refractivity contribution >= 4 is 12.6 Å². The van der Waals surface area contributed by atoms with Gasteiger partial charge in [0, 0.05) is 18.9 Å². The van der Waals surface area contributed by atoms with Crippen molar-refractivity contribution < 1.29 is 14.0 Å². The largest absolute Gasteiger partial charge is 0.494 e. The summed E-state index contributed by atoms with van der Waals surface area (Å²) in [6, 6.07) is 6.20. The summed E-state index contributed by atoms with van der Waals surface area (Å²) in [4.78, 5) is 4.06. The van der Waals surface area contributed by atoms with Crippen LogP contribution in [0.15, 0.2) is 36.9 Å². The number of ether oxygens (including phenoxy) is 1. The zero-order valence-electron chi connectivity index (χ0n) is 17.2. The molecular weight excluding hydrogens is 339 g/mol. The Balaban J connectivity index is 1.50. The van der Waals surface area contributed by atoms with Crippen LogP contribution in [0.5, 0.6) is 5.75 Å². The third-order valence-corrected chi connectivity index (χ3v) is 5.62. The maximum atomic E-state index is 6.15. The molecule has 0 radical (unpaired) electrons. The van der Waals surface area contributed by atoms with E-state index in [1.54, 1.807) is 0 Å². The van der Waals surface area contributed by atoms with Crippen molar-refractivity contribution in [1.82, 2.24) is 9.55 Å². The second-order valence-electron chi connectivity index (χ2n) is 8.32. The van der Waals surface area contributed by atoms with Gasteiger partial charge in [-0.05, 0) is 71.0 Å². The van der Waals surface area contributed by atoms with Crippen LogP contribution in [0.2, 0.25) is 0 Å². The van der Waals surface area contributed by atoms with E-state index in [0.29, 0.717) is 0 Å². The summed E-state index contributed by atoms with van der Waals surface area (Å²) in [5, 5.41) is 0. The molecule has 0 unspecified atom stereocenters. The van der Waals surface area contributed by atoms with Gasteiger partial charge in [-0.1, -0.05) is 12.1 Å². The van der Waals surface area contributed by atoms with Crippen LogP contribution in [0.1, 0.15) is 52.5 Å². The fourth-order valence-electron chi connectivity index (χ4n) is 3.07. The average Bonchev–Trinajstić information content (AvgIpc) is 3.18. The van der Waals surface area contributed by atoms with Crippen LogP contribution in [-0.2, 0) is 15.9 Å². The Bertz CT molecular complexity index is 728. The number of hydrogen-bond acceptors (Lipinski definition) is 4. The quantitative estimate of drug-likeness (QED) is 0.525. The number of aryl methyl sites for hydroxylation is 2. The fraction of sp³-hybridized carbons (Fsp3) is 0.571. The van der Waals surface area contributed by atoms with Gasteiger partial charge in [0.05, 0.1) is 24.1 Å². The first-order chi connectivity index (χ1) is 12.8. The molecule has 6 heteroatoms. The lowest BCUT2D eigenvalue weighted by Crippen LogP contribution is -2.41. The van der Waals surface area contributed by atoms with Gasteiger partial charge in [0.1, 0.15) is 5.75 Å². The highest BCUT2D eigenvalue weighted by atomic mass is 16.7. The molecule has 0 bridgehead atoms. The van der Waals surface area contributed by atoms with Crippen molar-refractivity contribution in [2.45, 2.75) is 71.6 Å².